The minimum atomic E-state index is 0.0684. The van der Waals surface area contributed by atoms with Gasteiger partial charge in [0.15, 0.2) is 5.78 Å². The summed E-state index contributed by atoms with van der Waals surface area (Å²) >= 11 is 0. The van der Waals surface area contributed by atoms with Crippen LogP contribution in [0.2, 0.25) is 0 Å². The summed E-state index contributed by atoms with van der Waals surface area (Å²) in [6, 6.07) is 5.60. The molecular weight excluding hydrogens is 204 g/mol. The monoisotopic (exact) mass is 218 g/mol. The zero-order chi connectivity index (χ0) is 11.5. The first-order valence-electron chi connectivity index (χ1n) is 5.14. The van der Waals surface area contributed by atoms with Crippen LogP contribution in [0.25, 0.3) is 10.9 Å². The van der Waals surface area contributed by atoms with E-state index in [2.05, 4.69) is 4.98 Å². The van der Waals surface area contributed by atoms with E-state index in [0.717, 1.165) is 16.7 Å². The molecule has 1 heterocycles. The third kappa shape index (κ3) is 1.79. The van der Waals surface area contributed by atoms with Crippen LogP contribution in [-0.2, 0) is 0 Å². The normalized spacial score (nSPS) is 10.6. The molecular formula is C12H14N2O2. The van der Waals surface area contributed by atoms with Crippen LogP contribution >= 0.6 is 0 Å². The number of carbonyl (C=O) groups excluding carboxylic acids is 1. The highest BCUT2D eigenvalue weighted by atomic mass is 16.5. The van der Waals surface area contributed by atoms with E-state index >= 15 is 0 Å². The standard InChI is InChI=1S/C12H14N2O2/c1-16-8-2-3-9-10(12(15)4-5-13)7-14-11(9)6-8/h2-3,6-7,14H,4-5,13H2,1H3. The zero-order valence-electron chi connectivity index (χ0n) is 9.12. The van der Waals surface area contributed by atoms with E-state index in [0.29, 0.717) is 18.5 Å². The maximum absolute atomic E-state index is 11.7. The number of hydrogen-bond acceptors (Lipinski definition) is 3. The molecule has 2 aromatic rings. The number of aromatic nitrogens is 1. The Morgan fingerprint density at radius 1 is 1.50 bits per heavy atom. The van der Waals surface area contributed by atoms with Crippen molar-refractivity contribution in [3.8, 4) is 5.75 Å². The maximum Gasteiger partial charge on any atom is 0.166 e. The van der Waals surface area contributed by atoms with Crippen LogP contribution in [-0.4, -0.2) is 24.4 Å². The van der Waals surface area contributed by atoms with Crippen molar-refractivity contribution in [1.82, 2.24) is 4.98 Å². The van der Waals surface area contributed by atoms with Crippen molar-refractivity contribution in [3.63, 3.8) is 0 Å². The highest BCUT2D eigenvalue weighted by molar-refractivity contribution is 6.08. The average Bonchev–Trinajstić information content (AvgIpc) is 2.71. The Balaban J connectivity index is 2.45. The third-order valence-electron chi connectivity index (χ3n) is 2.56. The Morgan fingerprint density at radius 2 is 2.31 bits per heavy atom. The molecule has 1 aromatic heterocycles. The Kier molecular flexibility index (Phi) is 2.92. The first kappa shape index (κ1) is 10.7. The summed E-state index contributed by atoms with van der Waals surface area (Å²) in [6.07, 6.45) is 2.10. The lowest BCUT2D eigenvalue weighted by Crippen LogP contribution is -2.07. The number of aromatic amines is 1. The van der Waals surface area contributed by atoms with Gasteiger partial charge < -0.3 is 15.5 Å². The molecule has 0 aliphatic rings. The molecule has 0 spiro atoms. The number of methoxy groups -OCH3 is 1. The fourth-order valence-corrected chi connectivity index (χ4v) is 1.73. The molecule has 16 heavy (non-hydrogen) atoms. The second-order valence-corrected chi connectivity index (χ2v) is 3.58. The van der Waals surface area contributed by atoms with Gasteiger partial charge in [0, 0.05) is 35.2 Å². The summed E-state index contributed by atoms with van der Waals surface area (Å²) in [5, 5.41) is 0.916. The van der Waals surface area contributed by atoms with Gasteiger partial charge in [0.2, 0.25) is 0 Å². The smallest absolute Gasteiger partial charge is 0.166 e. The molecule has 4 nitrogen and oxygen atoms in total. The number of Topliss-reactive ketones (excluding diaryl/α,β-unsaturated/α-hetero) is 1. The van der Waals surface area contributed by atoms with E-state index in [-0.39, 0.29) is 5.78 Å². The van der Waals surface area contributed by atoms with Crippen molar-refractivity contribution in [1.29, 1.82) is 0 Å². The summed E-state index contributed by atoms with van der Waals surface area (Å²) in [4.78, 5) is 14.8. The van der Waals surface area contributed by atoms with Gasteiger partial charge in [-0.25, -0.2) is 0 Å². The number of nitrogens with two attached hydrogens (primary N) is 1. The second-order valence-electron chi connectivity index (χ2n) is 3.58. The Labute approximate surface area is 93.4 Å². The molecule has 1 aromatic carbocycles. The van der Waals surface area contributed by atoms with Gasteiger partial charge in [-0.2, -0.15) is 0 Å². The van der Waals surface area contributed by atoms with Crippen LogP contribution in [0, 0.1) is 0 Å². The predicted octanol–water partition coefficient (Wildman–Crippen LogP) is 1.71. The molecule has 4 heteroatoms. The van der Waals surface area contributed by atoms with E-state index in [1.165, 1.54) is 0 Å². The lowest BCUT2D eigenvalue weighted by molar-refractivity contribution is 0.0987. The molecule has 3 N–H and O–H groups in total. The SMILES string of the molecule is COc1ccc2c(C(=O)CCN)c[nH]c2c1. The molecule has 2 rings (SSSR count). The van der Waals surface area contributed by atoms with Gasteiger partial charge >= 0.3 is 0 Å². The van der Waals surface area contributed by atoms with E-state index < -0.39 is 0 Å². The number of ketones is 1. The number of carbonyl (C=O) groups is 1. The van der Waals surface area contributed by atoms with Gasteiger partial charge in [-0.1, -0.05) is 0 Å². The van der Waals surface area contributed by atoms with Gasteiger partial charge in [0.1, 0.15) is 5.75 Å². The van der Waals surface area contributed by atoms with Gasteiger partial charge in [-0.15, -0.1) is 0 Å². The van der Waals surface area contributed by atoms with Crippen LogP contribution in [0.1, 0.15) is 16.8 Å². The summed E-state index contributed by atoms with van der Waals surface area (Å²) in [7, 11) is 1.62. The first-order chi connectivity index (χ1) is 7.76. The van der Waals surface area contributed by atoms with E-state index in [4.69, 9.17) is 10.5 Å². The van der Waals surface area contributed by atoms with Crippen molar-refractivity contribution in [2.75, 3.05) is 13.7 Å². The Hall–Kier alpha value is -1.81. The number of nitrogens with one attached hydrogen (secondary N) is 1. The van der Waals surface area contributed by atoms with Gasteiger partial charge in [-0.3, -0.25) is 4.79 Å². The highest BCUT2D eigenvalue weighted by Gasteiger charge is 2.11. The van der Waals surface area contributed by atoms with Crippen LogP contribution in [0.4, 0.5) is 0 Å². The van der Waals surface area contributed by atoms with E-state index in [9.17, 15) is 4.79 Å². The predicted molar refractivity (Wildman–Crippen MR) is 62.9 cm³/mol. The summed E-state index contributed by atoms with van der Waals surface area (Å²) in [6.45, 7) is 0.377. The van der Waals surface area contributed by atoms with Gasteiger partial charge in [0.05, 0.1) is 7.11 Å². The molecule has 0 amide bonds. The van der Waals surface area contributed by atoms with Crippen molar-refractivity contribution in [2.45, 2.75) is 6.42 Å². The van der Waals surface area contributed by atoms with Crippen LogP contribution < -0.4 is 10.5 Å². The number of ether oxygens (including phenoxy) is 1. The molecule has 0 saturated heterocycles. The minimum Gasteiger partial charge on any atom is -0.497 e. The van der Waals surface area contributed by atoms with E-state index in [1.54, 1.807) is 13.3 Å². The lowest BCUT2D eigenvalue weighted by atomic mass is 10.1. The topological polar surface area (TPSA) is 68.1 Å². The van der Waals surface area contributed by atoms with Gasteiger partial charge in [0.25, 0.3) is 0 Å². The van der Waals surface area contributed by atoms with Crippen LogP contribution in [0.5, 0.6) is 5.75 Å². The highest BCUT2D eigenvalue weighted by Crippen LogP contribution is 2.23. The molecule has 0 fully saturated rings. The number of benzene rings is 1. The van der Waals surface area contributed by atoms with Crippen LogP contribution in [0.15, 0.2) is 24.4 Å². The van der Waals surface area contributed by atoms with Crippen molar-refractivity contribution >= 4 is 16.7 Å². The third-order valence-corrected chi connectivity index (χ3v) is 2.56. The minimum absolute atomic E-state index is 0.0684. The average molecular weight is 218 g/mol. The Morgan fingerprint density at radius 3 is 3.00 bits per heavy atom. The molecule has 0 unspecified atom stereocenters. The molecule has 0 aliphatic carbocycles. The fourth-order valence-electron chi connectivity index (χ4n) is 1.73. The molecule has 0 aliphatic heterocycles. The largest absolute Gasteiger partial charge is 0.497 e. The molecule has 0 bridgehead atoms. The van der Waals surface area contributed by atoms with Crippen molar-refractivity contribution in [2.24, 2.45) is 5.73 Å². The number of H-pyrrole nitrogens is 1. The van der Waals surface area contributed by atoms with Crippen LogP contribution in [0.3, 0.4) is 0 Å². The lowest BCUT2D eigenvalue weighted by Gasteiger charge is -2.00. The quantitative estimate of drug-likeness (QED) is 0.767. The number of fused-ring (bicyclic) bond motifs is 1. The Bertz CT molecular complexity index is 517. The maximum atomic E-state index is 11.7. The second kappa shape index (κ2) is 4.37. The van der Waals surface area contributed by atoms with E-state index in [1.807, 2.05) is 18.2 Å². The molecule has 84 valence electrons. The summed E-state index contributed by atoms with van der Waals surface area (Å²) < 4.78 is 5.11. The molecule has 0 radical (unpaired) electrons. The summed E-state index contributed by atoms with van der Waals surface area (Å²) in [5.41, 5.74) is 6.97. The molecule has 0 atom stereocenters. The van der Waals surface area contributed by atoms with Crippen molar-refractivity contribution in [3.05, 3.63) is 30.0 Å². The number of rotatable bonds is 4. The first-order valence-corrected chi connectivity index (χ1v) is 5.14. The molecule has 0 saturated carbocycles. The zero-order valence-corrected chi connectivity index (χ0v) is 9.12. The fraction of sp³-hybridized carbons (Fsp3) is 0.250. The summed E-state index contributed by atoms with van der Waals surface area (Å²) in [5.74, 6) is 0.839. The van der Waals surface area contributed by atoms with Crippen molar-refractivity contribution < 1.29 is 9.53 Å². The number of hydrogen-bond donors (Lipinski definition) is 2. The van der Waals surface area contributed by atoms with Gasteiger partial charge in [-0.05, 0) is 18.7 Å².